The largest absolute Gasteiger partial charge is 0.410 e. The molecule has 0 unspecified atom stereocenters. The van der Waals surface area contributed by atoms with Crippen molar-refractivity contribution in [2.24, 2.45) is 0 Å². The first-order chi connectivity index (χ1) is 14.4. The number of carbonyl (C=O) groups excluding carboxylic acids is 1. The summed E-state index contributed by atoms with van der Waals surface area (Å²) < 4.78 is 7.96. The fraction of sp³-hybridized carbons (Fsp3) is 0.333. The summed E-state index contributed by atoms with van der Waals surface area (Å²) in [6.45, 7) is 8.81. The van der Waals surface area contributed by atoms with Crippen LogP contribution in [0.2, 0.25) is 0 Å². The molecule has 0 saturated heterocycles. The number of aromatic nitrogens is 4. The van der Waals surface area contributed by atoms with Crippen LogP contribution in [0.25, 0.3) is 10.8 Å². The van der Waals surface area contributed by atoms with Crippen LogP contribution in [0.15, 0.2) is 33.2 Å². The summed E-state index contributed by atoms with van der Waals surface area (Å²) in [5, 5.41) is 11.6. The highest BCUT2D eigenvalue weighted by atomic mass is 32.2. The van der Waals surface area contributed by atoms with Gasteiger partial charge in [-0.3, -0.25) is 4.79 Å². The van der Waals surface area contributed by atoms with Gasteiger partial charge < -0.3 is 8.98 Å². The molecule has 0 amide bonds. The van der Waals surface area contributed by atoms with Gasteiger partial charge in [0.15, 0.2) is 5.78 Å². The van der Waals surface area contributed by atoms with Crippen LogP contribution in [-0.2, 0) is 13.0 Å². The number of rotatable bonds is 8. The fourth-order valence-electron chi connectivity index (χ4n) is 3.40. The van der Waals surface area contributed by atoms with E-state index in [1.165, 1.54) is 28.0 Å². The zero-order valence-electron chi connectivity index (χ0n) is 17.3. The molecule has 9 heteroatoms. The Morgan fingerprint density at radius 1 is 1.23 bits per heavy atom. The fourth-order valence-corrected chi connectivity index (χ4v) is 5.58. The van der Waals surface area contributed by atoms with Gasteiger partial charge in [-0.05, 0) is 51.6 Å². The van der Waals surface area contributed by atoms with Gasteiger partial charge in [0.25, 0.3) is 11.1 Å². The van der Waals surface area contributed by atoms with Gasteiger partial charge in [-0.2, -0.15) is 0 Å². The predicted molar refractivity (Wildman–Crippen MR) is 122 cm³/mol. The Hall–Kier alpha value is -2.23. The lowest BCUT2D eigenvalue weighted by Crippen LogP contribution is -2.08. The van der Waals surface area contributed by atoms with E-state index in [2.05, 4.69) is 44.2 Å². The molecule has 0 radical (unpaired) electrons. The van der Waals surface area contributed by atoms with E-state index >= 15 is 0 Å². The Morgan fingerprint density at radius 2 is 2.07 bits per heavy atom. The molecule has 0 aliphatic rings. The minimum atomic E-state index is 0.0695. The maximum Gasteiger partial charge on any atom is 0.277 e. The molecule has 0 aliphatic carbocycles. The average Bonchev–Trinajstić information content (AvgIpc) is 3.48. The van der Waals surface area contributed by atoms with Crippen molar-refractivity contribution in [3.8, 4) is 10.8 Å². The molecule has 4 aromatic rings. The summed E-state index contributed by atoms with van der Waals surface area (Å²) in [4.78, 5) is 19.5. The first kappa shape index (κ1) is 21.0. The SMILES string of the molecule is Cc1nc(C)c(-c2nnc(SCC(=O)c3cc(C)n(CCc4cccs4)c3C)o2)s1. The average molecular weight is 459 g/mol. The third-order valence-electron chi connectivity index (χ3n) is 4.87. The van der Waals surface area contributed by atoms with Crippen LogP contribution in [0.1, 0.15) is 37.3 Å². The smallest absolute Gasteiger partial charge is 0.277 e. The number of hydrogen-bond acceptors (Lipinski definition) is 8. The molecule has 6 nitrogen and oxygen atoms in total. The predicted octanol–water partition coefficient (Wildman–Crippen LogP) is 5.51. The summed E-state index contributed by atoms with van der Waals surface area (Å²) in [6.07, 6.45) is 0.970. The van der Waals surface area contributed by atoms with E-state index < -0.39 is 0 Å². The molecular formula is C21H22N4O2S3. The maximum atomic E-state index is 12.8. The Bertz CT molecular complexity index is 1170. The van der Waals surface area contributed by atoms with Gasteiger partial charge in [0.1, 0.15) is 4.88 Å². The number of Topliss-reactive ketones (excluding diaryl/α,β-unsaturated/α-hetero) is 1. The van der Waals surface area contributed by atoms with E-state index in [0.717, 1.165) is 45.5 Å². The number of thiazole rings is 1. The molecular weight excluding hydrogens is 436 g/mol. The highest BCUT2D eigenvalue weighted by Gasteiger charge is 2.19. The van der Waals surface area contributed by atoms with Gasteiger partial charge in [-0.15, -0.1) is 32.9 Å². The minimum absolute atomic E-state index is 0.0695. The highest BCUT2D eigenvalue weighted by Crippen LogP contribution is 2.31. The molecule has 0 fully saturated rings. The Balaban J connectivity index is 1.41. The van der Waals surface area contributed by atoms with E-state index in [1.54, 1.807) is 11.3 Å². The van der Waals surface area contributed by atoms with E-state index in [9.17, 15) is 4.79 Å². The quantitative estimate of drug-likeness (QED) is 0.256. The van der Waals surface area contributed by atoms with Crippen molar-refractivity contribution in [1.82, 2.24) is 19.7 Å². The van der Waals surface area contributed by atoms with Gasteiger partial charge in [0.2, 0.25) is 0 Å². The van der Waals surface area contributed by atoms with Crippen LogP contribution < -0.4 is 0 Å². The van der Waals surface area contributed by atoms with Crippen molar-refractivity contribution in [1.29, 1.82) is 0 Å². The number of hydrogen-bond donors (Lipinski definition) is 0. The van der Waals surface area contributed by atoms with Crippen LogP contribution in [0, 0.1) is 27.7 Å². The molecule has 4 rings (SSSR count). The number of carbonyl (C=O) groups is 1. The summed E-state index contributed by atoms with van der Waals surface area (Å²) in [5.74, 6) is 0.789. The van der Waals surface area contributed by atoms with Crippen molar-refractivity contribution in [3.05, 3.63) is 56.1 Å². The summed E-state index contributed by atoms with van der Waals surface area (Å²) in [7, 11) is 0. The number of thiophene rings is 1. The third-order valence-corrected chi connectivity index (χ3v) is 7.68. The molecule has 0 spiro atoms. The molecule has 0 N–H and O–H groups in total. The Morgan fingerprint density at radius 3 is 2.77 bits per heavy atom. The van der Waals surface area contributed by atoms with E-state index in [1.807, 2.05) is 26.8 Å². The van der Waals surface area contributed by atoms with Crippen molar-refractivity contribution in [2.45, 2.75) is 45.9 Å². The molecule has 0 aliphatic heterocycles. The molecule has 156 valence electrons. The second-order valence-electron chi connectivity index (χ2n) is 7.00. The highest BCUT2D eigenvalue weighted by molar-refractivity contribution is 7.99. The second-order valence-corrected chi connectivity index (χ2v) is 10.2. The molecule has 0 atom stereocenters. The van der Waals surface area contributed by atoms with Crippen LogP contribution >= 0.6 is 34.4 Å². The Kier molecular flexibility index (Phi) is 6.21. The lowest BCUT2D eigenvalue weighted by molar-refractivity contribution is 0.102. The van der Waals surface area contributed by atoms with Crippen LogP contribution in [0.3, 0.4) is 0 Å². The van der Waals surface area contributed by atoms with Crippen molar-refractivity contribution in [3.63, 3.8) is 0 Å². The van der Waals surface area contributed by atoms with E-state index in [4.69, 9.17) is 4.42 Å². The summed E-state index contributed by atoms with van der Waals surface area (Å²) in [5.41, 5.74) is 3.76. The third kappa shape index (κ3) is 4.43. The topological polar surface area (TPSA) is 73.8 Å². The van der Waals surface area contributed by atoms with Crippen LogP contribution in [0.4, 0.5) is 0 Å². The first-order valence-electron chi connectivity index (χ1n) is 9.55. The van der Waals surface area contributed by atoms with Gasteiger partial charge in [-0.25, -0.2) is 4.98 Å². The molecule has 0 saturated carbocycles. The minimum Gasteiger partial charge on any atom is -0.410 e. The normalized spacial score (nSPS) is 11.3. The number of thioether (sulfide) groups is 1. The number of nitrogens with zero attached hydrogens (tertiary/aromatic N) is 4. The van der Waals surface area contributed by atoms with Crippen molar-refractivity contribution in [2.75, 3.05) is 5.75 Å². The van der Waals surface area contributed by atoms with Crippen molar-refractivity contribution >= 4 is 40.2 Å². The first-order valence-corrected chi connectivity index (χ1v) is 12.2. The maximum absolute atomic E-state index is 12.8. The standard InChI is InChI=1S/C21H22N4O2S3/c1-12-10-17(14(3)25(12)8-7-16-6-5-9-28-16)18(26)11-29-21-24-23-20(27-21)19-13(2)22-15(4)30-19/h5-6,9-10H,7-8,11H2,1-4H3. The summed E-state index contributed by atoms with van der Waals surface area (Å²) >= 11 is 4.56. The number of ketones is 1. The molecule has 0 bridgehead atoms. The monoisotopic (exact) mass is 458 g/mol. The van der Waals surface area contributed by atoms with Crippen LogP contribution in [0.5, 0.6) is 0 Å². The van der Waals surface area contributed by atoms with Crippen molar-refractivity contribution < 1.29 is 9.21 Å². The van der Waals surface area contributed by atoms with E-state index in [-0.39, 0.29) is 11.5 Å². The summed E-state index contributed by atoms with van der Waals surface area (Å²) in [6, 6.07) is 6.20. The van der Waals surface area contributed by atoms with Gasteiger partial charge in [0, 0.05) is 28.4 Å². The molecule has 30 heavy (non-hydrogen) atoms. The van der Waals surface area contributed by atoms with Gasteiger partial charge in [0.05, 0.1) is 16.5 Å². The zero-order valence-corrected chi connectivity index (χ0v) is 19.7. The van der Waals surface area contributed by atoms with E-state index in [0.29, 0.717) is 11.1 Å². The van der Waals surface area contributed by atoms with Gasteiger partial charge in [-0.1, -0.05) is 17.8 Å². The molecule has 0 aromatic carbocycles. The molecule has 4 aromatic heterocycles. The Labute approximate surface area is 187 Å². The zero-order chi connectivity index (χ0) is 21.3. The lowest BCUT2D eigenvalue weighted by atomic mass is 10.2. The van der Waals surface area contributed by atoms with Crippen LogP contribution in [-0.4, -0.2) is 31.3 Å². The molecule has 4 heterocycles. The second kappa shape index (κ2) is 8.87. The van der Waals surface area contributed by atoms with Gasteiger partial charge >= 0.3 is 0 Å². The number of aryl methyl sites for hydroxylation is 4. The lowest BCUT2D eigenvalue weighted by Gasteiger charge is -2.08.